The summed E-state index contributed by atoms with van der Waals surface area (Å²) in [4.78, 5) is 8.56. The van der Waals surface area contributed by atoms with Gasteiger partial charge in [0, 0.05) is 17.1 Å². The van der Waals surface area contributed by atoms with Crippen LogP contribution in [0.5, 0.6) is 0 Å². The van der Waals surface area contributed by atoms with Gasteiger partial charge in [-0.05, 0) is 25.1 Å². The van der Waals surface area contributed by atoms with E-state index >= 15 is 0 Å². The van der Waals surface area contributed by atoms with Gasteiger partial charge < -0.3 is 5.11 Å². The Hall–Kier alpha value is -1.98. The lowest BCUT2D eigenvalue weighted by molar-refractivity contribution is 0.281. The lowest BCUT2D eigenvalue weighted by Crippen LogP contribution is -2.00. The summed E-state index contributed by atoms with van der Waals surface area (Å²) >= 11 is 6.04. The highest BCUT2D eigenvalue weighted by Gasteiger charge is 2.14. The molecule has 3 aromatic heterocycles. The van der Waals surface area contributed by atoms with E-state index in [4.69, 9.17) is 11.6 Å². The van der Waals surface area contributed by atoms with Crippen LogP contribution in [0.2, 0.25) is 5.15 Å². The summed E-state index contributed by atoms with van der Waals surface area (Å²) in [6.07, 6.45) is 1.70. The second-order valence-electron chi connectivity index (χ2n) is 4.15. The summed E-state index contributed by atoms with van der Waals surface area (Å²) < 4.78 is 1.65. The molecule has 0 spiro atoms. The lowest BCUT2D eigenvalue weighted by Gasteiger charge is -2.03. The third-order valence-corrected chi connectivity index (χ3v) is 3.23. The second-order valence-corrected chi connectivity index (χ2v) is 4.51. The molecule has 0 aromatic carbocycles. The van der Waals surface area contributed by atoms with Gasteiger partial charge in [-0.25, -0.2) is 9.97 Å². The number of halogens is 1. The van der Waals surface area contributed by atoms with Crippen LogP contribution in [0.15, 0.2) is 30.5 Å². The molecule has 0 aliphatic heterocycles. The Bertz CT molecular complexity index is 739. The highest BCUT2D eigenvalue weighted by Crippen LogP contribution is 2.24. The van der Waals surface area contributed by atoms with Gasteiger partial charge in [0.15, 0.2) is 11.5 Å². The van der Waals surface area contributed by atoms with Crippen LogP contribution in [0.1, 0.15) is 11.3 Å². The maximum absolute atomic E-state index is 9.23. The zero-order chi connectivity index (χ0) is 13.4. The molecule has 0 unspecified atom stereocenters. The number of hydrogen-bond donors (Lipinski definition) is 1. The van der Waals surface area contributed by atoms with Gasteiger partial charge >= 0.3 is 0 Å². The van der Waals surface area contributed by atoms with Crippen molar-refractivity contribution < 1.29 is 5.11 Å². The van der Waals surface area contributed by atoms with Crippen molar-refractivity contribution in [3.05, 3.63) is 46.9 Å². The van der Waals surface area contributed by atoms with Crippen LogP contribution in [0, 0.1) is 6.92 Å². The largest absolute Gasteiger partial charge is 0.392 e. The van der Waals surface area contributed by atoms with E-state index in [0.717, 1.165) is 11.1 Å². The van der Waals surface area contributed by atoms with Crippen molar-refractivity contribution in [2.24, 2.45) is 0 Å². The number of pyridine rings is 2. The first-order chi connectivity index (χ1) is 9.20. The predicted molar refractivity (Wildman–Crippen MR) is 72.3 cm³/mol. The Balaban J connectivity index is 2.31. The van der Waals surface area contributed by atoms with Gasteiger partial charge in [-0.1, -0.05) is 17.7 Å². The van der Waals surface area contributed by atoms with Crippen molar-refractivity contribution in [2.75, 3.05) is 0 Å². The van der Waals surface area contributed by atoms with E-state index < -0.39 is 0 Å². The molecule has 96 valence electrons. The highest BCUT2D eigenvalue weighted by atomic mass is 35.5. The van der Waals surface area contributed by atoms with Crippen LogP contribution in [-0.2, 0) is 6.61 Å². The zero-order valence-corrected chi connectivity index (χ0v) is 11.0. The molecule has 0 radical (unpaired) electrons. The SMILES string of the molecule is Cc1nn(-c2ccccn2)c2nc(Cl)c(CO)cc12. The third kappa shape index (κ3) is 1.97. The Morgan fingerprint density at radius 2 is 2.21 bits per heavy atom. The monoisotopic (exact) mass is 274 g/mol. The normalized spacial score (nSPS) is 11.1. The Morgan fingerprint density at radius 3 is 2.89 bits per heavy atom. The molecule has 3 aromatic rings. The molecule has 3 rings (SSSR count). The number of nitrogens with zero attached hydrogens (tertiary/aromatic N) is 4. The summed E-state index contributed by atoms with van der Waals surface area (Å²) in [5.74, 6) is 0.681. The Kier molecular flexibility index (Phi) is 2.93. The number of aliphatic hydroxyl groups is 1. The van der Waals surface area contributed by atoms with Crippen LogP contribution in [0.4, 0.5) is 0 Å². The van der Waals surface area contributed by atoms with E-state index in [2.05, 4.69) is 15.1 Å². The van der Waals surface area contributed by atoms with Crippen LogP contribution in [-0.4, -0.2) is 24.9 Å². The van der Waals surface area contributed by atoms with Crippen LogP contribution in [0.3, 0.4) is 0 Å². The van der Waals surface area contributed by atoms with Crippen LogP contribution in [0.25, 0.3) is 16.9 Å². The maximum Gasteiger partial charge on any atom is 0.166 e. The number of hydrogen-bond acceptors (Lipinski definition) is 4. The van der Waals surface area contributed by atoms with Crippen LogP contribution < -0.4 is 0 Å². The molecule has 5 nitrogen and oxygen atoms in total. The number of aliphatic hydroxyl groups excluding tert-OH is 1. The molecule has 19 heavy (non-hydrogen) atoms. The molecule has 0 bridgehead atoms. The average molecular weight is 275 g/mol. The standard InChI is InChI=1S/C13H11ClN4O/c1-8-10-6-9(7-19)12(14)16-13(10)18(17-8)11-4-2-3-5-15-11/h2-6,19H,7H2,1H3. The van der Waals surface area contributed by atoms with E-state index in [1.54, 1.807) is 10.9 Å². The number of aryl methyl sites for hydroxylation is 1. The molecule has 0 atom stereocenters. The molecule has 0 aliphatic rings. The highest BCUT2D eigenvalue weighted by molar-refractivity contribution is 6.30. The Morgan fingerprint density at radius 1 is 1.37 bits per heavy atom. The molecule has 6 heteroatoms. The fraction of sp³-hybridized carbons (Fsp3) is 0.154. The molecule has 0 aliphatic carbocycles. The number of fused-ring (bicyclic) bond motifs is 1. The van der Waals surface area contributed by atoms with Crippen molar-refractivity contribution in [3.63, 3.8) is 0 Å². The molecule has 0 saturated carbocycles. The van der Waals surface area contributed by atoms with E-state index in [1.807, 2.05) is 31.2 Å². The fourth-order valence-corrected chi connectivity index (χ4v) is 2.15. The third-order valence-electron chi connectivity index (χ3n) is 2.91. The molecule has 0 fully saturated rings. The second kappa shape index (κ2) is 4.60. The summed E-state index contributed by atoms with van der Waals surface area (Å²) in [6.45, 7) is 1.74. The van der Waals surface area contributed by atoms with Gasteiger partial charge in [-0.2, -0.15) is 9.78 Å². The molecular formula is C13H11ClN4O. The average Bonchev–Trinajstić information content (AvgIpc) is 2.75. The molecule has 0 amide bonds. The first-order valence-corrected chi connectivity index (χ1v) is 6.15. The van der Waals surface area contributed by atoms with E-state index in [9.17, 15) is 5.11 Å². The summed E-state index contributed by atoms with van der Waals surface area (Å²) in [5, 5.41) is 14.8. The van der Waals surface area contributed by atoms with Crippen molar-refractivity contribution in [1.82, 2.24) is 19.7 Å². The minimum Gasteiger partial charge on any atom is -0.392 e. The van der Waals surface area contributed by atoms with E-state index in [0.29, 0.717) is 17.0 Å². The molecule has 1 N–H and O–H groups in total. The summed E-state index contributed by atoms with van der Waals surface area (Å²) in [5.41, 5.74) is 2.05. The predicted octanol–water partition coefficient (Wildman–Crippen LogP) is 2.27. The quantitative estimate of drug-likeness (QED) is 0.728. The van der Waals surface area contributed by atoms with E-state index in [1.165, 1.54) is 0 Å². The zero-order valence-electron chi connectivity index (χ0n) is 10.2. The van der Waals surface area contributed by atoms with Crippen LogP contribution >= 0.6 is 11.6 Å². The fourth-order valence-electron chi connectivity index (χ4n) is 1.95. The van der Waals surface area contributed by atoms with Crippen molar-refractivity contribution in [1.29, 1.82) is 0 Å². The van der Waals surface area contributed by atoms with Gasteiger partial charge in [0.05, 0.1) is 12.3 Å². The Labute approximate surface area is 114 Å². The molecular weight excluding hydrogens is 264 g/mol. The first kappa shape index (κ1) is 12.1. The molecule has 3 heterocycles. The maximum atomic E-state index is 9.23. The smallest absolute Gasteiger partial charge is 0.166 e. The molecule has 0 saturated heterocycles. The van der Waals surface area contributed by atoms with Gasteiger partial charge in [0.25, 0.3) is 0 Å². The van der Waals surface area contributed by atoms with Crippen molar-refractivity contribution in [2.45, 2.75) is 13.5 Å². The summed E-state index contributed by atoms with van der Waals surface area (Å²) in [6, 6.07) is 7.38. The van der Waals surface area contributed by atoms with Gasteiger partial charge in [0.2, 0.25) is 0 Å². The first-order valence-electron chi connectivity index (χ1n) is 5.77. The van der Waals surface area contributed by atoms with Gasteiger partial charge in [-0.3, -0.25) is 0 Å². The van der Waals surface area contributed by atoms with E-state index in [-0.39, 0.29) is 11.8 Å². The minimum atomic E-state index is -0.143. The van der Waals surface area contributed by atoms with Crippen molar-refractivity contribution >= 4 is 22.6 Å². The summed E-state index contributed by atoms with van der Waals surface area (Å²) in [7, 11) is 0. The minimum absolute atomic E-state index is 0.143. The number of aromatic nitrogens is 4. The van der Waals surface area contributed by atoms with Crippen molar-refractivity contribution in [3.8, 4) is 5.82 Å². The van der Waals surface area contributed by atoms with Gasteiger partial charge in [0.1, 0.15) is 5.15 Å². The topological polar surface area (TPSA) is 63.8 Å². The van der Waals surface area contributed by atoms with Gasteiger partial charge in [-0.15, -0.1) is 0 Å². The number of rotatable bonds is 2. The lowest BCUT2D eigenvalue weighted by atomic mass is 10.2.